The van der Waals surface area contributed by atoms with E-state index in [0.29, 0.717) is 5.65 Å². The third kappa shape index (κ3) is 1.41. The second-order valence-electron chi connectivity index (χ2n) is 4.20. The first-order valence-electron chi connectivity index (χ1n) is 4.28. The minimum atomic E-state index is 0.123. The van der Waals surface area contributed by atoms with E-state index >= 15 is 0 Å². The first kappa shape index (κ1) is 8.23. The van der Waals surface area contributed by atoms with Crippen molar-refractivity contribution in [2.24, 2.45) is 0 Å². The fraction of sp³-hybridized carbons (Fsp3) is 0.400. The van der Waals surface area contributed by atoms with Gasteiger partial charge < -0.3 is 4.52 Å². The number of aromatic nitrogens is 2. The van der Waals surface area contributed by atoms with Gasteiger partial charge in [0.25, 0.3) is 0 Å². The van der Waals surface area contributed by atoms with Crippen molar-refractivity contribution in [2.75, 3.05) is 0 Å². The third-order valence-corrected chi connectivity index (χ3v) is 2.08. The quantitative estimate of drug-likeness (QED) is 0.619. The Morgan fingerprint density at radius 1 is 1.31 bits per heavy atom. The molecule has 0 aliphatic rings. The Labute approximate surface area is 76.8 Å². The van der Waals surface area contributed by atoms with Crippen LogP contribution in [0.25, 0.3) is 11.0 Å². The topological polar surface area (TPSA) is 38.9 Å². The molecule has 2 aromatic heterocycles. The molecule has 0 N–H and O–H groups in total. The van der Waals surface area contributed by atoms with Gasteiger partial charge in [-0.15, -0.1) is 0 Å². The molecular formula is C10H12N2O. The minimum Gasteiger partial charge on any atom is -0.362 e. The number of rotatable bonds is 0. The Kier molecular flexibility index (Phi) is 1.62. The molecule has 0 amide bonds. The van der Waals surface area contributed by atoms with Crippen molar-refractivity contribution in [1.82, 2.24) is 10.1 Å². The van der Waals surface area contributed by atoms with Crippen molar-refractivity contribution in [3.05, 3.63) is 24.1 Å². The molecule has 2 aromatic rings. The maximum absolute atomic E-state index is 4.82. The van der Waals surface area contributed by atoms with E-state index in [4.69, 9.17) is 4.52 Å². The lowest BCUT2D eigenvalue weighted by atomic mass is 9.88. The highest BCUT2D eigenvalue weighted by atomic mass is 16.5. The average Bonchev–Trinajstić information content (AvgIpc) is 2.47. The second-order valence-corrected chi connectivity index (χ2v) is 4.20. The van der Waals surface area contributed by atoms with Crippen LogP contribution in [0.15, 0.2) is 23.0 Å². The molecule has 0 atom stereocenters. The van der Waals surface area contributed by atoms with Crippen molar-refractivity contribution in [3.8, 4) is 0 Å². The molecule has 68 valence electrons. The molecule has 3 nitrogen and oxygen atoms in total. The van der Waals surface area contributed by atoms with Crippen LogP contribution in [-0.4, -0.2) is 10.1 Å². The highest BCUT2D eigenvalue weighted by Gasteiger charge is 2.14. The molecule has 13 heavy (non-hydrogen) atoms. The first-order chi connectivity index (χ1) is 6.07. The molecule has 0 aliphatic heterocycles. The number of fused-ring (bicyclic) bond motifs is 1. The Bertz CT molecular complexity index is 426. The van der Waals surface area contributed by atoms with Gasteiger partial charge in [0, 0.05) is 6.20 Å². The van der Waals surface area contributed by atoms with E-state index < -0.39 is 0 Å². The van der Waals surface area contributed by atoms with Gasteiger partial charge in [0.1, 0.15) is 6.26 Å². The van der Waals surface area contributed by atoms with Crippen molar-refractivity contribution in [2.45, 2.75) is 26.2 Å². The van der Waals surface area contributed by atoms with E-state index in [1.165, 1.54) is 5.56 Å². The van der Waals surface area contributed by atoms with E-state index in [1.54, 1.807) is 6.26 Å². The largest absolute Gasteiger partial charge is 0.362 e. The van der Waals surface area contributed by atoms with Crippen LogP contribution in [0.3, 0.4) is 0 Å². The molecule has 2 rings (SSSR count). The molecule has 0 bridgehead atoms. The van der Waals surface area contributed by atoms with Gasteiger partial charge in [-0.05, 0) is 17.0 Å². The third-order valence-electron chi connectivity index (χ3n) is 2.08. The molecule has 0 aliphatic carbocycles. The number of pyridine rings is 1. The molecule has 0 aromatic carbocycles. The van der Waals surface area contributed by atoms with Gasteiger partial charge >= 0.3 is 0 Å². The van der Waals surface area contributed by atoms with E-state index in [0.717, 1.165) is 5.39 Å². The molecule has 2 heterocycles. The second kappa shape index (κ2) is 2.55. The zero-order valence-corrected chi connectivity index (χ0v) is 8.03. The van der Waals surface area contributed by atoms with Gasteiger partial charge in [0.15, 0.2) is 0 Å². The summed E-state index contributed by atoms with van der Waals surface area (Å²) in [5.74, 6) is 0. The molecule has 3 heteroatoms. The molecule has 0 saturated heterocycles. The minimum absolute atomic E-state index is 0.123. The predicted octanol–water partition coefficient (Wildman–Crippen LogP) is 2.52. The summed E-state index contributed by atoms with van der Waals surface area (Å²) in [4.78, 5) is 4.20. The Morgan fingerprint density at radius 2 is 2.08 bits per heavy atom. The SMILES string of the molecule is CC(C)(C)c1cnc2nocc2c1. The summed E-state index contributed by atoms with van der Waals surface area (Å²) in [6.07, 6.45) is 3.47. The number of nitrogens with zero attached hydrogens (tertiary/aromatic N) is 2. The van der Waals surface area contributed by atoms with E-state index in [-0.39, 0.29) is 5.41 Å². The standard InChI is InChI=1S/C10H12N2O/c1-10(2,3)8-4-7-6-13-12-9(7)11-5-8/h4-6H,1-3H3. The fourth-order valence-electron chi connectivity index (χ4n) is 1.18. The lowest BCUT2D eigenvalue weighted by Crippen LogP contribution is -2.11. The summed E-state index contributed by atoms with van der Waals surface area (Å²) in [5, 5.41) is 4.72. The van der Waals surface area contributed by atoms with Crippen LogP contribution >= 0.6 is 0 Å². The van der Waals surface area contributed by atoms with Crippen LogP contribution in [0.1, 0.15) is 26.3 Å². The average molecular weight is 176 g/mol. The highest BCUT2D eigenvalue weighted by Crippen LogP contribution is 2.23. The normalized spacial score (nSPS) is 12.2. The van der Waals surface area contributed by atoms with Crippen LogP contribution in [0, 0.1) is 0 Å². The van der Waals surface area contributed by atoms with Crippen molar-refractivity contribution in [3.63, 3.8) is 0 Å². The van der Waals surface area contributed by atoms with E-state index in [1.807, 2.05) is 6.20 Å². The van der Waals surface area contributed by atoms with E-state index in [9.17, 15) is 0 Å². The van der Waals surface area contributed by atoms with Crippen LogP contribution in [-0.2, 0) is 5.41 Å². The van der Waals surface area contributed by atoms with Crippen LogP contribution < -0.4 is 0 Å². The monoisotopic (exact) mass is 176 g/mol. The predicted molar refractivity (Wildman–Crippen MR) is 50.5 cm³/mol. The zero-order valence-electron chi connectivity index (χ0n) is 8.03. The molecule has 0 radical (unpaired) electrons. The highest BCUT2D eigenvalue weighted by molar-refractivity contribution is 5.73. The summed E-state index contributed by atoms with van der Waals surface area (Å²) in [7, 11) is 0. The Morgan fingerprint density at radius 3 is 2.77 bits per heavy atom. The van der Waals surface area contributed by atoms with Gasteiger partial charge in [-0.1, -0.05) is 25.9 Å². The van der Waals surface area contributed by atoms with Crippen molar-refractivity contribution in [1.29, 1.82) is 0 Å². The summed E-state index contributed by atoms with van der Waals surface area (Å²) < 4.78 is 4.82. The first-order valence-corrected chi connectivity index (χ1v) is 4.28. The Hall–Kier alpha value is -1.38. The lowest BCUT2D eigenvalue weighted by Gasteiger charge is -2.17. The van der Waals surface area contributed by atoms with Gasteiger partial charge in [-0.3, -0.25) is 0 Å². The maximum Gasteiger partial charge on any atom is 0.202 e. The van der Waals surface area contributed by atoms with Crippen LogP contribution in [0.2, 0.25) is 0 Å². The summed E-state index contributed by atoms with van der Waals surface area (Å²) in [5.41, 5.74) is 1.99. The Balaban J connectivity index is 2.61. The smallest absolute Gasteiger partial charge is 0.202 e. The van der Waals surface area contributed by atoms with Crippen LogP contribution in [0.4, 0.5) is 0 Å². The molecule has 0 spiro atoms. The van der Waals surface area contributed by atoms with Gasteiger partial charge in [0.2, 0.25) is 5.65 Å². The van der Waals surface area contributed by atoms with Gasteiger partial charge in [-0.25, -0.2) is 4.98 Å². The van der Waals surface area contributed by atoms with Crippen LogP contribution in [0.5, 0.6) is 0 Å². The number of hydrogen-bond donors (Lipinski definition) is 0. The lowest BCUT2D eigenvalue weighted by molar-refractivity contribution is 0.426. The molecular weight excluding hydrogens is 164 g/mol. The van der Waals surface area contributed by atoms with Crippen molar-refractivity contribution >= 4 is 11.0 Å². The summed E-state index contributed by atoms with van der Waals surface area (Å²) in [6, 6.07) is 2.07. The van der Waals surface area contributed by atoms with Gasteiger partial charge in [0.05, 0.1) is 5.39 Å². The molecule has 0 fully saturated rings. The zero-order chi connectivity index (χ0) is 9.47. The molecule has 0 unspecified atom stereocenters. The number of hydrogen-bond acceptors (Lipinski definition) is 3. The van der Waals surface area contributed by atoms with E-state index in [2.05, 4.69) is 37.0 Å². The maximum atomic E-state index is 4.82. The van der Waals surface area contributed by atoms with Gasteiger partial charge in [-0.2, -0.15) is 0 Å². The summed E-state index contributed by atoms with van der Waals surface area (Å²) >= 11 is 0. The summed E-state index contributed by atoms with van der Waals surface area (Å²) in [6.45, 7) is 6.47. The molecule has 0 saturated carbocycles. The van der Waals surface area contributed by atoms with Crippen molar-refractivity contribution < 1.29 is 4.52 Å². The fourth-order valence-corrected chi connectivity index (χ4v) is 1.18.